The van der Waals surface area contributed by atoms with E-state index in [0.717, 1.165) is 13.1 Å². The van der Waals surface area contributed by atoms with Crippen LogP contribution in [0.2, 0.25) is 0 Å². The van der Waals surface area contributed by atoms with Crippen molar-refractivity contribution in [1.29, 1.82) is 0 Å². The van der Waals surface area contributed by atoms with Gasteiger partial charge in [-0.05, 0) is 49.1 Å². The molecule has 0 aliphatic carbocycles. The lowest BCUT2D eigenvalue weighted by Crippen LogP contribution is -3.00. The summed E-state index contributed by atoms with van der Waals surface area (Å²) >= 11 is 3.92. The fourth-order valence-corrected chi connectivity index (χ4v) is 7.00. The van der Waals surface area contributed by atoms with Gasteiger partial charge in [0.05, 0.1) is 10.7 Å². The summed E-state index contributed by atoms with van der Waals surface area (Å²) in [5.74, 6) is 0. The summed E-state index contributed by atoms with van der Waals surface area (Å²) in [6.45, 7) is 2.30. The highest BCUT2D eigenvalue weighted by molar-refractivity contribution is 8.03. The molecule has 3 aliphatic rings. The molecule has 5 heteroatoms. The second kappa shape index (κ2) is 7.36. The predicted molar refractivity (Wildman–Crippen MR) is 115 cm³/mol. The lowest BCUT2D eigenvalue weighted by molar-refractivity contribution is -0.672. The summed E-state index contributed by atoms with van der Waals surface area (Å²) in [6, 6.07) is 17.7. The number of anilines is 1. The van der Waals surface area contributed by atoms with Crippen LogP contribution in [0.1, 0.15) is 30.7 Å². The topological polar surface area (TPSA) is 7.12 Å². The molecule has 3 aromatic rings. The van der Waals surface area contributed by atoms with Gasteiger partial charge in [-0.15, -0.1) is 0 Å². The first-order valence-electron chi connectivity index (χ1n) is 9.78. The zero-order valence-corrected chi connectivity index (χ0v) is 18.7. The maximum absolute atomic E-state index is 2.54. The number of thioether (sulfide) groups is 1. The molecule has 0 unspecified atom stereocenters. The Morgan fingerprint density at radius 3 is 2.79 bits per heavy atom. The summed E-state index contributed by atoms with van der Waals surface area (Å²) in [4.78, 5) is 3.95. The monoisotopic (exact) mass is 468 g/mol. The van der Waals surface area contributed by atoms with E-state index in [9.17, 15) is 0 Å². The largest absolute Gasteiger partial charge is 1.00 e. The number of aromatic nitrogens is 1. The molecule has 0 saturated carbocycles. The molecule has 0 spiro atoms. The number of benzene rings is 2. The van der Waals surface area contributed by atoms with Gasteiger partial charge in [0.25, 0.3) is 5.01 Å². The minimum absolute atomic E-state index is 0. The van der Waals surface area contributed by atoms with Crippen molar-refractivity contribution in [1.82, 2.24) is 0 Å². The summed E-state index contributed by atoms with van der Waals surface area (Å²) in [6.07, 6.45) is 7.40. The number of fused-ring (bicyclic) bond motifs is 6. The molecule has 0 saturated heterocycles. The zero-order valence-electron chi connectivity index (χ0n) is 15.5. The Balaban J connectivity index is 0.00000171. The number of hydrogen-bond donors (Lipinski definition) is 0. The van der Waals surface area contributed by atoms with Gasteiger partial charge in [0.2, 0.25) is 5.52 Å². The Morgan fingerprint density at radius 1 is 0.964 bits per heavy atom. The van der Waals surface area contributed by atoms with E-state index in [2.05, 4.69) is 64.1 Å². The lowest BCUT2D eigenvalue weighted by atomic mass is 10.00. The predicted octanol–water partition coefficient (Wildman–Crippen LogP) is 2.99. The van der Waals surface area contributed by atoms with Crippen LogP contribution in [0.3, 0.4) is 0 Å². The molecule has 3 aliphatic heterocycles. The van der Waals surface area contributed by atoms with E-state index in [1.54, 1.807) is 0 Å². The summed E-state index contributed by atoms with van der Waals surface area (Å²) in [5.41, 5.74) is 5.86. The van der Waals surface area contributed by atoms with Crippen molar-refractivity contribution >= 4 is 44.6 Å². The molecule has 0 amide bonds. The molecule has 0 N–H and O–H groups in total. The molecular formula is C23H21BrN2S2. The quantitative estimate of drug-likeness (QED) is 0.506. The van der Waals surface area contributed by atoms with E-state index in [0.29, 0.717) is 0 Å². The Morgan fingerprint density at radius 2 is 1.82 bits per heavy atom. The zero-order chi connectivity index (χ0) is 17.8. The number of aryl methyl sites for hydroxylation is 1. The molecule has 6 rings (SSSR count). The first-order chi connectivity index (χ1) is 13.4. The van der Waals surface area contributed by atoms with Gasteiger partial charge >= 0.3 is 0 Å². The average Bonchev–Trinajstić information content (AvgIpc) is 3.28. The van der Waals surface area contributed by atoms with Crippen LogP contribution in [0.25, 0.3) is 15.8 Å². The number of rotatable bonds is 1. The third-order valence-electron chi connectivity index (χ3n) is 5.77. The maximum Gasteiger partial charge on any atom is 0.265 e. The van der Waals surface area contributed by atoms with Crippen LogP contribution in [0.4, 0.5) is 5.69 Å². The number of hydrogen-bond acceptors (Lipinski definition) is 3. The van der Waals surface area contributed by atoms with E-state index in [-0.39, 0.29) is 17.0 Å². The standard InChI is InChI=1S/C23H21N2S2.BrH/c1-3-11-20-18(9-1)24-13-5-7-16(22(24)26-20)15-17-8-6-14-25-19-10-2-4-12-21(19)27-23(17)25;/h1-4,9-12,15H,5-8,13-14H2;1H/q+1;/p-1. The summed E-state index contributed by atoms with van der Waals surface area (Å²) in [7, 11) is 0. The van der Waals surface area contributed by atoms with E-state index in [4.69, 9.17) is 0 Å². The van der Waals surface area contributed by atoms with Crippen LogP contribution in [-0.2, 0) is 6.54 Å². The van der Waals surface area contributed by atoms with Crippen molar-refractivity contribution < 1.29 is 21.5 Å². The third kappa shape index (κ3) is 2.87. The highest BCUT2D eigenvalue weighted by Gasteiger charge is 2.32. The molecule has 0 bridgehead atoms. The molecule has 0 fully saturated rings. The van der Waals surface area contributed by atoms with Crippen molar-refractivity contribution in [2.45, 2.75) is 37.1 Å². The summed E-state index contributed by atoms with van der Waals surface area (Å²) < 4.78 is 3.95. The van der Waals surface area contributed by atoms with Gasteiger partial charge in [-0.1, -0.05) is 47.4 Å². The number of thiazole rings is 1. The van der Waals surface area contributed by atoms with Gasteiger partial charge in [0.1, 0.15) is 4.70 Å². The number of allylic oxidation sites excluding steroid dienone is 3. The number of nitrogens with zero attached hydrogens (tertiary/aromatic N) is 2. The van der Waals surface area contributed by atoms with Crippen LogP contribution in [0.15, 0.2) is 70.1 Å². The smallest absolute Gasteiger partial charge is 0.265 e. The van der Waals surface area contributed by atoms with Gasteiger partial charge in [-0.2, -0.15) is 4.57 Å². The average molecular weight is 469 g/mol. The normalized spacial score (nSPS) is 19.4. The van der Waals surface area contributed by atoms with Gasteiger partial charge < -0.3 is 21.9 Å². The first-order valence-corrected chi connectivity index (χ1v) is 11.4. The van der Waals surface area contributed by atoms with Crippen molar-refractivity contribution in [3.8, 4) is 0 Å². The lowest BCUT2D eigenvalue weighted by Gasteiger charge is -2.27. The molecule has 28 heavy (non-hydrogen) atoms. The number of para-hydroxylation sites is 2. The Bertz CT molecular complexity index is 1130. The molecule has 0 radical (unpaired) electrons. The molecule has 2 nitrogen and oxygen atoms in total. The first kappa shape index (κ1) is 18.5. The maximum atomic E-state index is 2.54. The van der Waals surface area contributed by atoms with E-state index in [1.807, 2.05) is 23.1 Å². The van der Waals surface area contributed by atoms with Crippen LogP contribution < -0.4 is 26.4 Å². The fourth-order valence-electron chi connectivity index (χ4n) is 4.54. The highest BCUT2D eigenvalue weighted by atomic mass is 79.9. The molecule has 4 heterocycles. The van der Waals surface area contributed by atoms with E-state index < -0.39 is 0 Å². The minimum Gasteiger partial charge on any atom is -1.00 e. The second-order valence-corrected chi connectivity index (χ2v) is 9.52. The summed E-state index contributed by atoms with van der Waals surface area (Å²) in [5, 5.41) is 2.93. The van der Waals surface area contributed by atoms with Gasteiger partial charge in [0, 0.05) is 29.5 Å². The van der Waals surface area contributed by atoms with Gasteiger partial charge in [0.15, 0.2) is 6.54 Å². The Kier molecular flexibility index (Phi) is 4.85. The minimum atomic E-state index is 0. The van der Waals surface area contributed by atoms with Crippen molar-refractivity contribution in [2.24, 2.45) is 0 Å². The highest BCUT2D eigenvalue weighted by Crippen LogP contribution is 2.50. The molecule has 2 aromatic carbocycles. The molecule has 142 valence electrons. The van der Waals surface area contributed by atoms with Crippen LogP contribution in [0, 0.1) is 0 Å². The second-order valence-electron chi connectivity index (χ2n) is 7.46. The fraction of sp³-hybridized carbons (Fsp3) is 0.261. The Hall–Kier alpha value is -1.56. The van der Waals surface area contributed by atoms with E-state index >= 15 is 0 Å². The Labute approximate surface area is 184 Å². The SMILES string of the molecule is C(=C1CCC[n+]2c1sc1ccccc12)C1=C2Sc3ccccc3N2CCC1.[Br-]. The van der Waals surface area contributed by atoms with Crippen molar-refractivity contribution in [2.75, 3.05) is 11.4 Å². The van der Waals surface area contributed by atoms with Gasteiger partial charge in [-0.3, -0.25) is 0 Å². The third-order valence-corrected chi connectivity index (χ3v) is 8.25. The van der Waals surface area contributed by atoms with Crippen LogP contribution in [-0.4, -0.2) is 6.54 Å². The molecule has 1 aromatic heterocycles. The molecule has 0 atom stereocenters. The molecular weight excluding hydrogens is 448 g/mol. The van der Waals surface area contributed by atoms with E-state index in [1.165, 1.54) is 67.7 Å². The van der Waals surface area contributed by atoms with Crippen molar-refractivity contribution in [3.63, 3.8) is 0 Å². The van der Waals surface area contributed by atoms with Crippen molar-refractivity contribution in [3.05, 3.63) is 70.2 Å². The van der Waals surface area contributed by atoms with Crippen LogP contribution in [0.5, 0.6) is 0 Å². The van der Waals surface area contributed by atoms with Gasteiger partial charge in [-0.25, -0.2) is 0 Å². The van der Waals surface area contributed by atoms with Crippen LogP contribution >= 0.6 is 23.1 Å². The number of halogens is 1.